The van der Waals surface area contributed by atoms with Gasteiger partial charge in [0.1, 0.15) is 5.69 Å². The van der Waals surface area contributed by atoms with Crippen molar-refractivity contribution in [1.82, 2.24) is 0 Å². The molecule has 0 bridgehead atoms. The summed E-state index contributed by atoms with van der Waals surface area (Å²) >= 11 is 0. The third-order valence-electron chi connectivity index (χ3n) is 14.3. The summed E-state index contributed by atoms with van der Waals surface area (Å²) in [6.45, 7) is 0. The quantitative estimate of drug-likeness (QED) is 0.166. The summed E-state index contributed by atoms with van der Waals surface area (Å²) in [6, 6.07) is 89.9. The van der Waals surface area contributed by atoms with Crippen LogP contribution in [0.5, 0.6) is 23.0 Å². The normalized spacial score (nSPS) is 13.3. The fourth-order valence-electron chi connectivity index (χ4n) is 11.4. The molecule has 2 heterocycles. The summed E-state index contributed by atoms with van der Waals surface area (Å²) < 4.78 is 14.1. The van der Waals surface area contributed by atoms with Gasteiger partial charge in [-0.25, -0.2) is 0 Å². The number of hydrogen-bond donors (Lipinski definition) is 0. The average molecular weight is 868 g/mol. The fraction of sp³-hybridized carbons (Fsp3) is 0.0154. The number of fused-ring (bicyclic) bond motifs is 8. The van der Waals surface area contributed by atoms with Gasteiger partial charge in [-0.3, -0.25) is 4.90 Å². The van der Waals surface area contributed by atoms with E-state index in [0.717, 1.165) is 79.0 Å². The van der Waals surface area contributed by atoms with E-state index in [-0.39, 0.29) is 0 Å². The SMILES string of the molecule is c1ccc(-c2ccc3c(c2)Oc2cc(-c4cccc5ccccc45)cc4c2N3c2ccc(-c3ccccc3-c3cccc5c3-c3ccccc3C5(c3ccccc3)c3ccccc3)cc2O4)cc1. The zero-order valence-corrected chi connectivity index (χ0v) is 36.9. The molecule has 0 saturated carbocycles. The predicted octanol–water partition coefficient (Wildman–Crippen LogP) is 17.6. The molecule has 2 aliphatic heterocycles. The molecule has 0 fully saturated rings. The highest BCUT2D eigenvalue weighted by Gasteiger charge is 2.47. The van der Waals surface area contributed by atoms with Gasteiger partial charge in [-0.15, -0.1) is 0 Å². The van der Waals surface area contributed by atoms with Crippen molar-refractivity contribution in [2.75, 3.05) is 4.90 Å². The Kier molecular flexibility index (Phi) is 8.50. The van der Waals surface area contributed by atoms with E-state index in [1.54, 1.807) is 0 Å². The molecule has 318 valence electrons. The highest BCUT2D eigenvalue weighted by Crippen LogP contribution is 2.62. The van der Waals surface area contributed by atoms with Gasteiger partial charge in [-0.05, 0) is 125 Å². The summed E-state index contributed by atoms with van der Waals surface area (Å²) in [7, 11) is 0. The minimum absolute atomic E-state index is 0.494. The van der Waals surface area contributed by atoms with E-state index in [2.05, 4.69) is 254 Å². The molecule has 0 unspecified atom stereocenters. The van der Waals surface area contributed by atoms with Crippen LogP contribution >= 0.6 is 0 Å². The Morgan fingerprint density at radius 1 is 0.309 bits per heavy atom. The smallest absolute Gasteiger partial charge is 0.156 e. The van der Waals surface area contributed by atoms with E-state index >= 15 is 0 Å². The van der Waals surface area contributed by atoms with Gasteiger partial charge in [-0.2, -0.15) is 0 Å². The Hall–Kier alpha value is -8.92. The molecular formula is C65H41NO2. The lowest BCUT2D eigenvalue weighted by atomic mass is 9.67. The second-order valence-electron chi connectivity index (χ2n) is 17.9. The van der Waals surface area contributed by atoms with Gasteiger partial charge >= 0.3 is 0 Å². The van der Waals surface area contributed by atoms with Crippen molar-refractivity contribution >= 4 is 27.8 Å². The van der Waals surface area contributed by atoms with Crippen LogP contribution in [0, 0.1) is 0 Å². The van der Waals surface area contributed by atoms with Gasteiger partial charge < -0.3 is 9.47 Å². The summed E-state index contributed by atoms with van der Waals surface area (Å²) in [5, 5.41) is 2.36. The first-order valence-corrected chi connectivity index (χ1v) is 23.3. The van der Waals surface area contributed by atoms with Crippen molar-refractivity contribution in [2.24, 2.45) is 0 Å². The van der Waals surface area contributed by atoms with Crippen LogP contribution in [0.1, 0.15) is 22.3 Å². The van der Waals surface area contributed by atoms with E-state index in [1.165, 1.54) is 49.7 Å². The number of ether oxygens (including phenoxy) is 2. The maximum absolute atomic E-state index is 7.14. The van der Waals surface area contributed by atoms with E-state index in [9.17, 15) is 0 Å². The molecule has 11 aromatic carbocycles. The third-order valence-corrected chi connectivity index (χ3v) is 14.3. The highest BCUT2D eigenvalue weighted by atomic mass is 16.5. The minimum atomic E-state index is -0.494. The van der Waals surface area contributed by atoms with Gasteiger partial charge in [0.2, 0.25) is 0 Å². The molecule has 0 amide bonds. The first-order valence-electron chi connectivity index (χ1n) is 23.3. The lowest BCUT2D eigenvalue weighted by Crippen LogP contribution is -2.28. The molecule has 68 heavy (non-hydrogen) atoms. The molecule has 1 aliphatic carbocycles. The summed E-state index contributed by atoms with van der Waals surface area (Å²) in [5.74, 6) is 3.07. The Morgan fingerprint density at radius 3 is 1.53 bits per heavy atom. The topological polar surface area (TPSA) is 21.7 Å². The summed E-state index contributed by atoms with van der Waals surface area (Å²) in [4.78, 5) is 2.33. The minimum Gasteiger partial charge on any atom is -0.453 e. The van der Waals surface area contributed by atoms with Gasteiger partial charge in [0.25, 0.3) is 0 Å². The maximum atomic E-state index is 7.14. The van der Waals surface area contributed by atoms with Crippen LogP contribution in [0.4, 0.5) is 17.1 Å². The van der Waals surface area contributed by atoms with Gasteiger partial charge in [0.05, 0.1) is 16.8 Å². The highest BCUT2D eigenvalue weighted by molar-refractivity contribution is 6.02. The molecule has 0 N–H and O–H groups in total. The Balaban J connectivity index is 0.948. The number of anilines is 3. The van der Waals surface area contributed by atoms with Crippen LogP contribution in [0.15, 0.2) is 249 Å². The first kappa shape index (κ1) is 38.4. The van der Waals surface area contributed by atoms with Crippen molar-refractivity contribution in [2.45, 2.75) is 5.41 Å². The molecule has 0 aromatic heterocycles. The Labute approximate surface area is 395 Å². The number of rotatable bonds is 6. The van der Waals surface area contributed by atoms with Crippen molar-refractivity contribution in [3.63, 3.8) is 0 Å². The second-order valence-corrected chi connectivity index (χ2v) is 17.9. The number of nitrogens with zero attached hydrogens (tertiary/aromatic N) is 1. The van der Waals surface area contributed by atoms with E-state index in [1.807, 2.05) is 0 Å². The molecule has 0 spiro atoms. The third kappa shape index (κ3) is 5.66. The summed E-state index contributed by atoms with van der Waals surface area (Å²) in [5.41, 5.74) is 18.9. The van der Waals surface area contributed by atoms with Gasteiger partial charge in [0.15, 0.2) is 23.0 Å². The lowest BCUT2D eigenvalue weighted by Gasteiger charge is -2.38. The van der Waals surface area contributed by atoms with Crippen LogP contribution < -0.4 is 14.4 Å². The first-order chi connectivity index (χ1) is 33.7. The van der Waals surface area contributed by atoms with Crippen molar-refractivity contribution in [1.29, 1.82) is 0 Å². The van der Waals surface area contributed by atoms with Crippen LogP contribution in [-0.4, -0.2) is 0 Å². The standard InChI is InChI=1S/C65H41NO2/c1-4-18-42(19-5-1)44-34-36-57-59(38-44)67-61-40-46(51-30-16-21-43-20-10-11-26-49(43)51)41-62-64(61)66(57)58-37-35-45(39-60(58)68-62)50-27-12-13-28-52(50)53-31-17-33-56-63(53)54-29-14-15-32-55(54)65(56,47-22-6-2-7-23-47)48-24-8-3-9-25-48/h1-41H. The van der Waals surface area contributed by atoms with Crippen LogP contribution in [0.25, 0.3) is 66.4 Å². The van der Waals surface area contributed by atoms with Gasteiger partial charge in [-0.1, -0.05) is 212 Å². The van der Waals surface area contributed by atoms with E-state index in [4.69, 9.17) is 9.47 Å². The zero-order chi connectivity index (χ0) is 44.8. The zero-order valence-electron chi connectivity index (χ0n) is 36.9. The van der Waals surface area contributed by atoms with Crippen LogP contribution in [0.3, 0.4) is 0 Å². The molecule has 3 aliphatic rings. The molecule has 0 atom stereocenters. The molecular weight excluding hydrogens is 827 g/mol. The summed E-state index contributed by atoms with van der Waals surface area (Å²) in [6.07, 6.45) is 0. The largest absolute Gasteiger partial charge is 0.453 e. The lowest BCUT2D eigenvalue weighted by molar-refractivity contribution is 0.446. The maximum Gasteiger partial charge on any atom is 0.156 e. The van der Waals surface area contributed by atoms with Crippen molar-refractivity contribution < 1.29 is 9.47 Å². The molecule has 14 rings (SSSR count). The molecule has 3 nitrogen and oxygen atoms in total. The van der Waals surface area contributed by atoms with Crippen LogP contribution in [-0.2, 0) is 5.41 Å². The molecule has 3 heteroatoms. The second kappa shape index (κ2) is 15.1. The predicted molar refractivity (Wildman–Crippen MR) is 278 cm³/mol. The van der Waals surface area contributed by atoms with E-state index < -0.39 is 5.41 Å². The fourth-order valence-corrected chi connectivity index (χ4v) is 11.4. The Bertz CT molecular complexity index is 3760. The number of benzene rings is 11. The molecule has 11 aromatic rings. The van der Waals surface area contributed by atoms with Crippen molar-refractivity contribution in [3.05, 3.63) is 271 Å². The van der Waals surface area contributed by atoms with Gasteiger partial charge in [0, 0.05) is 0 Å². The number of hydrogen-bond acceptors (Lipinski definition) is 3. The average Bonchev–Trinajstić information content (AvgIpc) is 3.72. The molecule has 0 radical (unpaired) electrons. The Morgan fingerprint density at radius 2 is 0.809 bits per heavy atom. The van der Waals surface area contributed by atoms with Crippen molar-refractivity contribution in [3.8, 4) is 78.6 Å². The van der Waals surface area contributed by atoms with E-state index in [0.29, 0.717) is 0 Å². The molecule has 0 saturated heterocycles. The van der Waals surface area contributed by atoms with Crippen LogP contribution in [0.2, 0.25) is 0 Å². The monoisotopic (exact) mass is 867 g/mol.